The first-order chi connectivity index (χ1) is 14.8. The lowest BCUT2D eigenvalue weighted by atomic mass is 10.0. The molecule has 0 aromatic heterocycles. The first-order valence-electron chi connectivity index (χ1n) is 10.3. The number of hydrogen-bond acceptors (Lipinski definition) is 3. The summed E-state index contributed by atoms with van der Waals surface area (Å²) >= 11 is 6.09. The molecule has 2 heterocycles. The molecule has 31 heavy (non-hydrogen) atoms. The van der Waals surface area contributed by atoms with Gasteiger partial charge >= 0.3 is 0 Å². The van der Waals surface area contributed by atoms with Gasteiger partial charge in [0.1, 0.15) is 17.2 Å². The van der Waals surface area contributed by atoms with Crippen molar-refractivity contribution in [2.45, 2.75) is 13.3 Å². The predicted octanol–water partition coefficient (Wildman–Crippen LogP) is 3.96. The lowest BCUT2D eigenvalue weighted by Gasteiger charge is -2.22. The van der Waals surface area contributed by atoms with Crippen molar-refractivity contribution in [2.75, 3.05) is 38.0 Å². The molecule has 2 aliphatic heterocycles. The predicted molar refractivity (Wildman–Crippen MR) is 115 cm³/mol. The van der Waals surface area contributed by atoms with E-state index in [-0.39, 0.29) is 17.7 Å². The minimum atomic E-state index is -0.829. The first kappa shape index (κ1) is 21.7. The second-order valence-corrected chi connectivity index (χ2v) is 8.76. The molecule has 0 aliphatic carbocycles. The van der Waals surface area contributed by atoms with Crippen molar-refractivity contribution >= 4 is 29.1 Å². The second kappa shape index (κ2) is 8.93. The van der Waals surface area contributed by atoms with Gasteiger partial charge in [0, 0.05) is 49.9 Å². The maximum Gasteiger partial charge on any atom is 0.259 e. The van der Waals surface area contributed by atoms with Crippen LogP contribution in [0.3, 0.4) is 0 Å². The number of aryl methyl sites for hydroxylation is 1. The highest BCUT2D eigenvalue weighted by Crippen LogP contribution is 2.32. The van der Waals surface area contributed by atoms with E-state index in [1.54, 1.807) is 11.0 Å². The van der Waals surface area contributed by atoms with Crippen molar-refractivity contribution in [1.29, 1.82) is 0 Å². The van der Waals surface area contributed by atoms with E-state index in [0.717, 1.165) is 30.8 Å². The second-order valence-electron chi connectivity index (χ2n) is 8.35. The zero-order valence-electron chi connectivity index (χ0n) is 17.2. The van der Waals surface area contributed by atoms with Gasteiger partial charge in [0.05, 0.1) is 0 Å². The van der Waals surface area contributed by atoms with Crippen molar-refractivity contribution < 1.29 is 18.4 Å². The average molecular weight is 448 g/mol. The van der Waals surface area contributed by atoms with Crippen LogP contribution in [-0.4, -0.2) is 54.3 Å². The van der Waals surface area contributed by atoms with Crippen LogP contribution < -0.4 is 5.32 Å². The van der Waals surface area contributed by atoms with E-state index in [0.29, 0.717) is 36.8 Å². The topological polar surface area (TPSA) is 52.7 Å². The highest BCUT2D eigenvalue weighted by atomic mass is 35.5. The Morgan fingerprint density at radius 2 is 1.71 bits per heavy atom. The smallest absolute Gasteiger partial charge is 0.259 e. The molecule has 2 atom stereocenters. The van der Waals surface area contributed by atoms with Gasteiger partial charge in [-0.15, -0.1) is 0 Å². The molecule has 2 amide bonds. The number of nitrogens with one attached hydrogen (secondary N) is 1. The molecule has 2 aromatic rings. The van der Waals surface area contributed by atoms with Gasteiger partial charge in [0.15, 0.2) is 0 Å². The lowest BCUT2D eigenvalue weighted by molar-refractivity contribution is -0.116. The van der Waals surface area contributed by atoms with Crippen LogP contribution in [0.2, 0.25) is 5.02 Å². The normalized spacial score (nSPS) is 20.7. The Morgan fingerprint density at radius 1 is 1.06 bits per heavy atom. The fraction of sp³-hybridized carbons (Fsp3) is 0.391. The standard InChI is InChI=1S/C23H24ClF2N3O2/c1-14-5-6-17(9-18(14)24)27-21(30)7-8-28-10-15-12-29(13-16(15)11-28)23(31)22-19(25)3-2-4-20(22)26/h2-6,9,15-16H,7-8,10-13H2,1H3,(H,27,30). The molecule has 4 rings (SSSR count). The van der Waals surface area contributed by atoms with E-state index in [1.807, 2.05) is 19.1 Å². The van der Waals surface area contributed by atoms with Crippen LogP contribution in [-0.2, 0) is 4.79 Å². The molecule has 1 N–H and O–H groups in total. The Balaban J connectivity index is 1.26. The Bertz CT molecular complexity index is 982. The zero-order valence-corrected chi connectivity index (χ0v) is 18.0. The summed E-state index contributed by atoms with van der Waals surface area (Å²) < 4.78 is 27.9. The van der Waals surface area contributed by atoms with Crippen LogP contribution in [0.4, 0.5) is 14.5 Å². The summed E-state index contributed by atoms with van der Waals surface area (Å²) in [4.78, 5) is 28.6. The fourth-order valence-electron chi connectivity index (χ4n) is 4.45. The molecule has 8 heteroatoms. The van der Waals surface area contributed by atoms with Crippen LogP contribution in [0.15, 0.2) is 36.4 Å². The van der Waals surface area contributed by atoms with Crippen LogP contribution in [0, 0.1) is 30.4 Å². The summed E-state index contributed by atoms with van der Waals surface area (Å²) in [5.41, 5.74) is 1.15. The summed E-state index contributed by atoms with van der Waals surface area (Å²) in [6, 6.07) is 8.87. The number of likely N-dealkylation sites (tertiary alicyclic amines) is 2. The van der Waals surface area contributed by atoms with E-state index in [4.69, 9.17) is 11.6 Å². The maximum absolute atomic E-state index is 13.9. The Kier molecular flexibility index (Phi) is 6.25. The number of carbonyl (C=O) groups is 2. The molecular weight excluding hydrogens is 424 g/mol. The SMILES string of the molecule is Cc1ccc(NC(=O)CCN2CC3CN(C(=O)c4c(F)cccc4F)CC3C2)cc1Cl. The molecule has 164 valence electrons. The molecule has 0 radical (unpaired) electrons. The summed E-state index contributed by atoms with van der Waals surface area (Å²) in [6.07, 6.45) is 0.355. The number of hydrogen-bond donors (Lipinski definition) is 1. The largest absolute Gasteiger partial charge is 0.338 e. The molecule has 0 saturated carbocycles. The van der Waals surface area contributed by atoms with Crippen molar-refractivity contribution in [2.24, 2.45) is 11.8 Å². The van der Waals surface area contributed by atoms with E-state index >= 15 is 0 Å². The summed E-state index contributed by atoms with van der Waals surface area (Å²) in [5, 5.41) is 3.47. The van der Waals surface area contributed by atoms with Crippen molar-refractivity contribution in [3.8, 4) is 0 Å². The minimum Gasteiger partial charge on any atom is -0.338 e. The van der Waals surface area contributed by atoms with Gasteiger partial charge in [-0.05, 0) is 48.6 Å². The number of anilines is 1. The van der Waals surface area contributed by atoms with Crippen LogP contribution in [0.5, 0.6) is 0 Å². The number of nitrogens with zero attached hydrogens (tertiary/aromatic N) is 2. The van der Waals surface area contributed by atoms with Crippen LogP contribution >= 0.6 is 11.6 Å². The van der Waals surface area contributed by atoms with Crippen LogP contribution in [0.25, 0.3) is 0 Å². The summed E-state index contributed by atoms with van der Waals surface area (Å²) in [5.74, 6) is -1.83. The Morgan fingerprint density at radius 3 is 2.32 bits per heavy atom. The Labute approximate surface area is 185 Å². The van der Waals surface area contributed by atoms with Gasteiger partial charge < -0.3 is 15.1 Å². The third-order valence-electron chi connectivity index (χ3n) is 6.14. The number of amides is 2. The van der Waals surface area contributed by atoms with E-state index in [9.17, 15) is 18.4 Å². The number of carbonyl (C=O) groups excluding carboxylic acids is 2. The minimum absolute atomic E-state index is 0.0798. The fourth-order valence-corrected chi connectivity index (χ4v) is 4.63. The number of rotatable bonds is 5. The number of benzene rings is 2. The highest BCUT2D eigenvalue weighted by Gasteiger charge is 2.42. The quantitative estimate of drug-likeness (QED) is 0.754. The molecule has 0 spiro atoms. The van der Waals surface area contributed by atoms with E-state index in [1.165, 1.54) is 6.07 Å². The molecular formula is C23H24ClF2N3O2. The van der Waals surface area contributed by atoms with E-state index in [2.05, 4.69) is 10.2 Å². The lowest BCUT2D eigenvalue weighted by Crippen LogP contribution is -2.35. The van der Waals surface area contributed by atoms with Gasteiger partial charge in [0.2, 0.25) is 5.91 Å². The van der Waals surface area contributed by atoms with Gasteiger partial charge in [-0.25, -0.2) is 8.78 Å². The maximum atomic E-state index is 13.9. The molecule has 2 saturated heterocycles. The molecule has 2 aromatic carbocycles. The monoisotopic (exact) mass is 447 g/mol. The zero-order chi connectivity index (χ0) is 22.1. The first-order valence-corrected chi connectivity index (χ1v) is 10.7. The van der Waals surface area contributed by atoms with Gasteiger partial charge in [-0.3, -0.25) is 9.59 Å². The number of fused-ring (bicyclic) bond motifs is 1. The van der Waals surface area contributed by atoms with Gasteiger partial charge in [-0.2, -0.15) is 0 Å². The van der Waals surface area contributed by atoms with E-state index < -0.39 is 23.1 Å². The third-order valence-corrected chi connectivity index (χ3v) is 6.54. The molecule has 2 aliphatic rings. The van der Waals surface area contributed by atoms with Crippen LogP contribution in [0.1, 0.15) is 22.3 Å². The van der Waals surface area contributed by atoms with Crippen molar-refractivity contribution in [3.05, 3.63) is 64.2 Å². The van der Waals surface area contributed by atoms with Crippen molar-refractivity contribution in [1.82, 2.24) is 9.80 Å². The third kappa shape index (κ3) is 4.72. The Hall–Kier alpha value is -2.51. The summed E-state index contributed by atoms with van der Waals surface area (Å²) in [7, 11) is 0. The van der Waals surface area contributed by atoms with Gasteiger partial charge in [0.25, 0.3) is 5.91 Å². The average Bonchev–Trinajstić information content (AvgIpc) is 3.28. The summed E-state index contributed by atoms with van der Waals surface area (Å²) in [6.45, 7) is 4.99. The molecule has 2 unspecified atom stereocenters. The van der Waals surface area contributed by atoms with Crippen molar-refractivity contribution in [3.63, 3.8) is 0 Å². The molecule has 2 fully saturated rings. The highest BCUT2D eigenvalue weighted by molar-refractivity contribution is 6.31. The molecule has 5 nitrogen and oxygen atoms in total. The van der Waals surface area contributed by atoms with Gasteiger partial charge in [-0.1, -0.05) is 23.7 Å². The number of halogens is 3. The molecule has 0 bridgehead atoms.